The van der Waals surface area contributed by atoms with Gasteiger partial charge in [0.2, 0.25) is 0 Å². The number of anilines is 1. The Morgan fingerprint density at radius 2 is 1.94 bits per heavy atom. The summed E-state index contributed by atoms with van der Waals surface area (Å²) in [6, 6.07) is 7.46. The molecular weight excluding hydrogens is 230 g/mol. The van der Waals surface area contributed by atoms with Crippen LogP contribution in [0, 0.1) is 0 Å². The third-order valence-corrected chi connectivity index (χ3v) is 2.66. The number of rotatable bonds is 2. The zero-order valence-corrected chi connectivity index (χ0v) is 9.71. The summed E-state index contributed by atoms with van der Waals surface area (Å²) in [6.07, 6.45) is 1.55. The van der Waals surface area contributed by atoms with E-state index in [2.05, 4.69) is 19.9 Å². The van der Waals surface area contributed by atoms with Crippen molar-refractivity contribution in [1.82, 2.24) is 19.9 Å². The minimum absolute atomic E-state index is 0.392. The molecule has 2 heterocycles. The maximum Gasteiger partial charge on any atom is 0.183 e. The van der Waals surface area contributed by atoms with Gasteiger partial charge in [-0.15, -0.1) is 0 Å². The average molecular weight is 241 g/mol. The Hall–Kier alpha value is -2.63. The van der Waals surface area contributed by atoms with E-state index >= 15 is 0 Å². The summed E-state index contributed by atoms with van der Waals surface area (Å²) in [7, 11) is 1.62. The van der Waals surface area contributed by atoms with Crippen molar-refractivity contribution in [3.8, 4) is 17.1 Å². The van der Waals surface area contributed by atoms with Crippen molar-refractivity contribution in [2.75, 3.05) is 12.8 Å². The number of hydrogen-bond acceptors (Lipinski definition) is 5. The van der Waals surface area contributed by atoms with Gasteiger partial charge in [0.15, 0.2) is 17.3 Å². The van der Waals surface area contributed by atoms with Crippen molar-refractivity contribution < 1.29 is 4.74 Å². The second kappa shape index (κ2) is 3.99. The number of aromatic nitrogens is 4. The smallest absolute Gasteiger partial charge is 0.183 e. The molecule has 1 aromatic carbocycles. The quantitative estimate of drug-likeness (QED) is 0.711. The molecule has 2 aromatic heterocycles. The monoisotopic (exact) mass is 241 g/mol. The highest BCUT2D eigenvalue weighted by Gasteiger charge is 2.08. The number of imidazole rings is 1. The first-order chi connectivity index (χ1) is 8.78. The molecule has 3 rings (SSSR count). The van der Waals surface area contributed by atoms with Crippen LogP contribution in [0.15, 0.2) is 30.6 Å². The molecule has 90 valence electrons. The number of fused-ring (bicyclic) bond motifs is 1. The lowest BCUT2D eigenvalue weighted by Crippen LogP contribution is -1.97. The van der Waals surface area contributed by atoms with Crippen molar-refractivity contribution in [1.29, 1.82) is 0 Å². The number of nitrogens with one attached hydrogen (secondary N) is 1. The first-order valence-corrected chi connectivity index (χ1v) is 5.39. The van der Waals surface area contributed by atoms with Crippen LogP contribution < -0.4 is 10.5 Å². The fourth-order valence-electron chi connectivity index (χ4n) is 1.72. The maximum atomic E-state index is 5.85. The van der Waals surface area contributed by atoms with E-state index in [-0.39, 0.29) is 0 Å². The second-order valence-electron chi connectivity index (χ2n) is 3.76. The Morgan fingerprint density at radius 3 is 2.67 bits per heavy atom. The van der Waals surface area contributed by atoms with Crippen molar-refractivity contribution in [3.05, 3.63) is 30.6 Å². The molecule has 0 unspecified atom stereocenters. The molecule has 0 amide bonds. The predicted molar refractivity (Wildman–Crippen MR) is 68.1 cm³/mol. The van der Waals surface area contributed by atoms with Gasteiger partial charge in [0, 0.05) is 5.56 Å². The lowest BCUT2D eigenvalue weighted by atomic mass is 10.2. The van der Waals surface area contributed by atoms with E-state index in [1.54, 1.807) is 13.4 Å². The molecule has 0 radical (unpaired) electrons. The molecule has 6 heteroatoms. The predicted octanol–water partition coefficient (Wildman–Crippen LogP) is 1.61. The number of H-pyrrole nitrogens is 1. The number of methoxy groups -OCH3 is 1. The first kappa shape index (κ1) is 10.5. The second-order valence-corrected chi connectivity index (χ2v) is 3.76. The number of nitrogens with two attached hydrogens (primary N) is 1. The van der Waals surface area contributed by atoms with Crippen molar-refractivity contribution in [3.63, 3.8) is 0 Å². The van der Waals surface area contributed by atoms with Gasteiger partial charge in [-0.1, -0.05) is 0 Å². The molecular formula is C12H11N5O. The Morgan fingerprint density at radius 1 is 1.17 bits per heavy atom. The highest BCUT2D eigenvalue weighted by molar-refractivity contribution is 5.83. The zero-order valence-electron chi connectivity index (χ0n) is 9.71. The summed E-state index contributed by atoms with van der Waals surface area (Å²) >= 11 is 0. The largest absolute Gasteiger partial charge is 0.497 e. The highest BCUT2D eigenvalue weighted by Crippen LogP contribution is 2.22. The molecule has 3 N–H and O–H groups in total. The van der Waals surface area contributed by atoms with Crippen LogP contribution in [0.1, 0.15) is 0 Å². The summed E-state index contributed by atoms with van der Waals surface area (Å²) in [4.78, 5) is 15.6. The summed E-state index contributed by atoms with van der Waals surface area (Å²) in [5, 5.41) is 0. The Kier molecular flexibility index (Phi) is 2.33. The fourth-order valence-corrected chi connectivity index (χ4v) is 1.72. The van der Waals surface area contributed by atoms with Gasteiger partial charge in [-0.25, -0.2) is 15.0 Å². The van der Waals surface area contributed by atoms with Crippen LogP contribution in [-0.2, 0) is 0 Å². The normalized spacial score (nSPS) is 10.7. The van der Waals surface area contributed by atoms with E-state index in [0.29, 0.717) is 22.8 Å². The molecule has 0 saturated carbocycles. The minimum atomic E-state index is 0.392. The lowest BCUT2D eigenvalue weighted by Gasteiger charge is -2.03. The van der Waals surface area contributed by atoms with Crippen molar-refractivity contribution >= 4 is 17.0 Å². The molecule has 0 spiro atoms. The zero-order chi connectivity index (χ0) is 12.5. The molecule has 18 heavy (non-hydrogen) atoms. The number of ether oxygens (including phenoxy) is 1. The van der Waals surface area contributed by atoms with Gasteiger partial charge < -0.3 is 15.5 Å². The summed E-state index contributed by atoms with van der Waals surface area (Å²) in [5.74, 6) is 1.73. The number of hydrogen-bond donors (Lipinski definition) is 2. The van der Waals surface area contributed by atoms with Crippen LogP contribution in [0.2, 0.25) is 0 Å². The van der Waals surface area contributed by atoms with E-state index in [1.807, 2.05) is 24.3 Å². The highest BCUT2D eigenvalue weighted by atomic mass is 16.5. The van der Waals surface area contributed by atoms with E-state index < -0.39 is 0 Å². The number of aromatic amines is 1. The van der Waals surface area contributed by atoms with Gasteiger partial charge in [-0.3, -0.25) is 0 Å². The SMILES string of the molecule is COc1ccc(-c2nc(N)c3[nH]cnc3n2)cc1. The maximum absolute atomic E-state index is 5.85. The number of benzene rings is 1. The van der Waals surface area contributed by atoms with Gasteiger partial charge in [-0.2, -0.15) is 0 Å². The van der Waals surface area contributed by atoms with Crippen molar-refractivity contribution in [2.24, 2.45) is 0 Å². The molecule has 0 saturated heterocycles. The summed E-state index contributed by atoms with van der Waals surface area (Å²) in [5.41, 5.74) is 7.94. The van der Waals surface area contributed by atoms with Crippen LogP contribution in [0.4, 0.5) is 5.82 Å². The van der Waals surface area contributed by atoms with Crippen LogP contribution in [-0.4, -0.2) is 27.0 Å². The first-order valence-electron chi connectivity index (χ1n) is 5.39. The average Bonchev–Trinajstić information content (AvgIpc) is 2.88. The molecule has 0 atom stereocenters. The molecule has 0 aliphatic carbocycles. The minimum Gasteiger partial charge on any atom is -0.497 e. The number of nitrogen functional groups attached to an aromatic ring is 1. The molecule has 0 aliphatic heterocycles. The topological polar surface area (TPSA) is 89.7 Å². The number of nitrogens with zero attached hydrogens (tertiary/aromatic N) is 3. The summed E-state index contributed by atoms with van der Waals surface area (Å²) in [6.45, 7) is 0. The van der Waals surface area contributed by atoms with E-state index in [9.17, 15) is 0 Å². The molecule has 0 fully saturated rings. The standard InChI is InChI=1S/C12H11N5O/c1-18-8-4-2-7(3-5-8)11-16-10(13)9-12(17-11)15-6-14-9/h2-6H,1H3,(H3,13,14,15,16,17). The third-order valence-electron chi connectivity index (χ3n) is 2.66. The van der Waals surface area contributed by atoms with Gasteiger partial charge in [0.05, 0.1) is 13.4 Å². The van der Waals surface area contributed by atoms with E-state index in [1.165, 1.54) is 0 Å². The van der Waals surface area contributed by atoms with Crippen LogP contribution in [0.25, 0.3) is 22.6 Å². The van der Waals surface area contributed by atoms with E-state index in [4.69, 9.17) is 10.5 Å². The van der Waals surface area contributed by atoms with Crippen LogP contribution in [0.3, 0.4) is 0 Å². The van der Waals surface area contributed by atoms with Gasteiger partial charge in [0.1, 0.15) is 11.3 Å². The molecule has 3 aromatic rings. The Balaban J connectivity index is 2.12. The van der Waals surface area contributed by atoms with Gasteiger partial charge in [-0.05, 0) is 24.3 Å². The van der Waals surface area contributed by atoms with Gasteiger partial charge in [0.25, 0.3) is 0 Å². The molecule has 0 aliphatic rings. The van der Waals surface area contributed by atoms with E-state index in [0.717, 1.165) is 11.3 Å². The third kappa shape index (κ3) is 1.64. The lowest BCUT2D eigenvalue weighted by molar-refractivity contribution is 0.415. The van der Waals surface area contributed by atoms with Crippen LogP contribution >= 0.6 is 0 Å². The van der Waals surface area contributed by atoms with Crippen molar-refractivity contribution in [2.45, 2.75) is 0 Å². The molecule has 0 bridgehead atoms. The summed E-state index contributed by atoms with van der Waals surface area (Å²) < 4.78 is 5.10. The Labute approximate surface area is 103 Å². The van der Waals surface area contributed by atoms with Crippen LogP contribution in [0.5, 0.6) is 5.75 Å². The Bertz CT molecular complexity index is 689. The fraction of sp³-hybridized carbons (Fsp3) is 0.0833. The molecule has 6 nitrogen and oxygen atoms in total. The van der Waals surface area contributed by atoms with Gasteiger partial charge >= 0.3 is 0 Å².